The Morgan fingerprint density at radius 3 is 2.39 bits per heavy atom. The smallest absolute Gasteiger partial charge is 0.336 e. The summed E-state index contributed by atoms with van der Waals surface area (Å²) >= 11 is 0. The fourth-order valence-corrected chi connectivity index (χ4v) is 5.46. The molecule has 2 aliphatic heterocycles. The van der Waals surface area contributed by atoms with Crippen LogP contribution in [0.15, 0.2) is 68.6 Å². The van der Waals surface area contributed by atoms with Crippen molar-refractivity contribution in [2.24, 2.45) is 0 Å². The standard InChI is InChI=1S/C30H28N4O5.2ClH/c1-19-30-22(12-25(39-30)24-14-29(35)38-26-15-28-27(13-23(24)26)36-18-37-28)21(16-32-19)17-34-10-8-33(9-11-34)7-4-20-2-5-31-6-3-20;;/h2-3,5-6,12-16H,4,7-11,17-18H2,1H3;2*1H. The first-order valence-electron chi connectivity index (χ1n) is 13.2. The van der Waals surface area contributed by atoms with Crippen molar-refractivity contribution in [2.75, 3.05) is 39.5 Å². The molecule has 0 amide bonds. The number of furan rings is 1. The molecule has 9 nitrogen and oxygen atoms in total. The quantitative estimate of drug-likeness (QED) is 0.244. The zero-order valence-electron chi connectivity index (χ0n) is 22.5. The van der Waals surface area contributed by atoms with E-state index < -0.39 is 5.63 Å². The van der Waals surface area contributed by atoms with Gasteiger partial charge >= 0.3 is 5.63 Å². The van der Waals surface area contributed by atoms with Crippen LogP contribution in [0.4, 0.5) is 0 Å². The van der Waals surface area contributed by atoms with Crippen molar-refractivity contribution in [3.8, 4) is 22.8 Å². The molecule has 0 atom stereocenters. The lowest BCUT2D eigenvalue weighted by molar-refractivity contribution is 0.128. The van der Waals surface area contributed by atoms with Crippen LogP contribution in [0.5, 0.6) is 11.5 Å². The number of hydrogen-bond acceptors (Lipinski definition) is 9. The number of benzene rings is 1. The Bertz CT molecular complexity index is 1730. The minimum atomic E-state index is -0.450. The number of pyridine rings is 2. The summed E-state index contributed by atoms with van der Waals surface area (Å²) in [6.07, 6.45) is 6.70. The molecular formula is C30H30Cl2N4O5. The summed E-state index contributed by atoms with van der Waals surface area (Å²) in [5.74, 6) is 1.78. The van der Waals surface area contributed by atoms with Gasteiger partial charge in [0.25, 0.3) is 0 Å². The van der Waals surface area contributed by atoms with Crippen LogP contribution < -0.4 is 15.1 Å². The lowest BCUT2D eigenvalue weighted by Gasteiger charge is -2.34. The van der Waals surface area contributed by atoms with Crippen LogP contribution >= 0.6 is 24.8 Å². The Morgan fingerprint density at radius 1 is 0.878 bits per heavy atom. The van der Waals surface area contributed by atoms with Gasteiger partial charge in [-0.05, 0) is 48.7 Å². The summed E-state index contributed by atoms with van der Waals surface area (Å²) in [6, 6.07) is 11.2. The third-order valence-electron chi connectivity index (χ3n) is 7.65. The van der Waals surface area contributed by atoms with Crippen LogP contribution in [0.2, 0.25) is 0 Å². The molecule has 0 radical (unpaired) electrons. The van der Waals surface area contributed by atoms with E-state index in [2.05, 4.69) is 31.9 Å². The largest absolute Gasteiger partial charge is 0.454 e. The van der Waals surface area contributed by atoms with Crippen molar-refractivity contribution in [1.29, 1.82) is 0 Å². The van der Waals surface area contributed by atoms with Gasteiger partial charge in [0.05, 0.1) is 5.69 Å². The van der Waals surface area contributed by atoms with Crippen molar-refractivity contribution in [2.45, 2.75) is 19.9 Å². The zero-order valence-corrected chi connectivity index (χ0v) is 24.1. The molecule has 214 valence electrons. The van der Waals surface area contributed by atoms with Crippen LogP contribution in [-0.2, 0) is 13.0 Å². The Hall–Kier alpha value is -3.63. The molecule has 7 rings (SSSR count). The zero-order chi connectivity index (χ0) is 26.3. The van der Waals surface area contributed by atoms with Crippen LogP contribution in [0.3, 0.4) is 0 Å². The van der Waals surface area contributed by atoms with Gasteiger partial charge < -0.3 is 23.2 Å². The van der Waals surface area contributed by atoms with Gasteiger partial charge in [-0.1, -0.05) is 0 Å². The monoisotopic (exact) mass is 596 g/mol. The average molecular weight is 597 g/mol. The van der Waals surface area contributed by atoms with Crippen LogP contribution in [0.25, 0.3) is 33.3 Å². The summed E-state index contributed by atoms with van der Waals surface area (Å²) in [6.45, 7) is 7.98. The first kappa shape index (κ1) is 28.9. The molecule has 11 heteroatoms. The number of halogens is 2. The fourth-order valence-electron chi connectivity index (χ4n) is 5.46. The molecule has 0 aliphatic carbocycles. The van der Waals surface area contributed by atoms with E-state index in [1.165, 1.54) is 11.6 Å². The third kappa shape index (κ3) is 5.76. The second-order valence-electron chi connectivity index (χ2n) is 10.1. The maximum atomic E-state index is 12.4. The molecule has 4 aromatic heterocycles. The van der Waals surface area contributed by atoms with Crippen LogP contribution in [0.1, 0.15) is 16.8 Å². The summed E-state index contributed by atoms with van der Waals surface area (Å²) in [5, 5.41) is 1.74. The van der Waals surface area contributed by atoms with Crippen LogP contribution in [-0.4, -0.2) is 59.3 Å². The van der Waals surface area contributed by atoms with E-state index in [9.17, 15) is 4.79 Å². The van der Waals surface area contributed by atoms with Gasteiger partial charge in [-0.25, -0.2) is 4.79 Å². The van der Waals surface area contributed by atoms with Gasteiger partial charge in [0.2, 0.25) is 6.79 Å². The molecule has 0 unspecified atom stereocenters. The van der Waals surface area contributed by atoms with Gasteiger partial charge in [-0.2, -0.15) is 0 Å². The number of nitrogens with zero attached hydrogens (tertiary/aromatic N) is 4. The minimum absolute atomic E-state index is 0. The molecule has 2 aliphatic rings. The molecular weight excluding hydrogens is 567 g/mol. The predicted molar refractivity (Wildman–Crippen MR) is 161 cm³/mol. The van der Waals surface area contributed by atoms with Crippen LogP contribution in [0, 0.1) is 6.92 Å². The summed E-state index contributed by atoms with van der Waals surface area (Å²) in [7, 11) is 0. The van der Waals surface area contributed by atoms with Gasteiger partial charge in [-0.3, -0.25) is 14.9 Å². The highest BCUT2D eigenvalue weighted by atomic mass is 35.5. The molecule has 6 heterocycles. The molecule has 0 saturated carbocycles. The number of piperazine rings is 1. The molecule has 0 bridgehead atoms. The molecule has 1 aromatic carbocycles. The van der Waals surface area contributed by atoms with E-state index in [-0.39, 0.29) is 31.6 Å². The maximum absolute atomic E-state index is 12.4. The third-order valence-corrected chi connectivity index (χ3v) is 7.65. The second kappa shape index (κ2) is 12.1. The van der Waals surface area contributed by atoms with Gasteiger partial charge in [0, 0.05) is 86.3 Å². The van der Waals surface area contributed by atoms with Gasteiger partial charge in [-0.15, -0.1) is 24.8 Å². The van der Waals surface area contributed by atoms with Crippen molar-refractivity contribution >= 4 is 46.8 Å². The lowest BCUT2D eigenvalue weighted by Crippen LogP contribution is -2.46. The van der Waals surface area contributed by atoms with Crippen molar-refractivity contribution in [3.63, 3.8) is 0 Å². The minimum Gasteiger partial charge on any atom is -0.454 e. The van der Waals surface area contributed by atoms with E-state index in [0.717, 1.165) is 73.3 Å². The Morgan fingerprint density at radius 2 is 1.61 bits per heavy atom. The second-order valence-corrected chi connectivity index (χ2v) is 10.1. The highest BCUT2D eigenvalue weighted by Crippen LogP contribution is 2.40. The van der Waals surface area contributed by atoms with Crippen molar-refractivity contribution in [3.05, 3.63) is 82.2 Å². The molecule has 0 spiro atoms. The fraction of sp³-hybridized carbons (Fsp3) is 0.300. The number of aromatic nitrogens is 2. The number of aryl methyl sites for hydroxylation is 1. The SMILES string of the molecule is Cc1ncc(CN2CCN(CCc3ccncc3)CC2)c2cc(-c3cc(=O)oc4cc5c(cc34)OCO5)oc12.Cl.Cl. The highest BCUT2D eigenvalue weighted by Gasteiger charge is 2.22. The first-order valence-corrected chi connectivity index (χ1v) is 13.2. The first-order chi connectivity index (χ1) is 19.1. The van der Waals surface area contributed by atoms with Crippen molar-refractivity contribution < 1.29 is 18.3 Å². The predicted octanol–water partition coefficient (Wildman–Crippen LogP) is 5.24. The van der Waals surface area contributed by atoms with E-state index >= 15 is 0 Å². The summed E-state index contributed by atoms with van der Waals surface area (Å²) in [5.41, 5.74) is 4.62. The molecule has 41 heavy (non-hydrogen) atoms. The molecule has 5 aromatic rings. The summed E-state index contributed by atoms with van der Waals surface area (Å²) in [4.78, 5) is 26.2. The van der Waals surface area contributed by atoms with E-state index in [0.29, 0.717) is 28.4 Å². The number of ether oxygens (including phenoxy) is 2. The average Bonchev–Trinajstić information content (AvgIpc) is 3.61. The van der Waals surface area contributed by atoms with E-state index in [1.807, 2.05) is 37.6 Å². The molecule has 1 saturated heterocycles. The Labute approximate surface area is 248 Å². The number of rotatable bonds is 6. The highest BCUT2D eigenvalue weighted by molar-refractivity contribution is 5.97. The summed E-state index contributed by atoms with van der Waals surface area (Å²) < 4.78 is 22.8. The van der Waals surface area contributed by atoms with Gasteiger partial charge in [0.15, 0.2) is 17.1 Å². The Kier molecular flexibility index (Phi) is 8.51. The van der Waals surface area contributed by atoms with E-state index in [1.54, 1.807) is 6.07 Å². The van der Waals surface area contributed by atoms with E-state index in [4.69, 9.17) is 18.3 Å². The maximum Gasteiger partial charge on any atom is 0.336 e. The lowest BCUT2D eigenvalue weighted by atomic mass is 10.1. The van der Waals surface area contributed by atoms with Crippen molar-refractivity contribution in [1.82, 2.24) is 19.8 Å². The molecule has 1 fully saturated rings. The Balaban J connectivity index is 0.00000169. The number of hydrogen-bond donors (Lipinski definition) is 0. The number of fused-ring (bicyclic) bond motifs is 3. The topological polar surface area (TPSA) is 94.1 Å². The van der Waals surface area contributed by atoms with Gasteiger partial charge in [0.1, 0.15) is 11.3 Å². The molecule has 0 N–H and O–H groups in total. The normalized spacial score (nSPS) is 15.1.